The molecule has 2 aromatic rings. The van der Waals surface area contributed by atoms with Crippen LogP contribution in [0.15, 0.2) is 48.5 Å². The van der Waals surface area contributed by atoms with Crippen LogP contribution in [0.2, 0.25) is 0 Å². The topological polar surface area (TPSA) is 12.0 Å². The van der Waals surface area contributed by atoms with Crippen molar-refractivity contribution in [2.75, 3.05) is 6.54 Å². The van der Waals surface area contributed by atoms with E-state index in [4.69, 9.17) is 0 Å². The highest BCUT2D eigenvalue weighted by molar-refractivity contribution is 5.34. The Bertz CT molecular complexity index is 533. The van der Waals surface area contributed by atoms with Gasteiger partial charge >= 0.3 is 0 Å². The maximum Gasteiger partial charge on any atom is 0.128 e. The van der Waals surface area contributed by atoms with Gasteiger partial charge in [0.15, 0.2) is 0 Å². The Kier molecular flexibility index (Phi) is 5.31. The first kappa shape index (κ1) is 14.7. The summed E-state index contributed by atoms with van der Waals surface area (Å²) in [6.45, 7) is 5.12. The van der Waals surface area contributed by atoms with Crippen molar-refractivity contribution >= 4 is 0 Å². The highest BCUT2D eigenvalue weighted by atomic mass is 19.1. The molecule has 0 aliphatic heterocycles. The number of benzene rings is 2. The van der Waals surface area contributed by atoms with E-state index in [1.54, 1.807) is 6.07 Å². The standard InChI is InChI=1S/C18H22FN/c1-3-13-20-18(16-7-5-6-8-17(16)19)15-11-9-14(4-2)10-12-15/h5-12,18,20H,3-4,13H2,1-2H3. The van der Waals surface area contributed by atoms with Gasteiger partial charge in [-0.05, 0) is 36.6 Å². The van der Waals surface area contributed by atoms with E-state index in [1.807, 2.05) is 12.1 Å². The van der Waals surface area contributed by atoms with Crippen molar-refractivity contribution in [3.05, 3.63) is 71.0 Å². The van der Waals surface area contributed by atoms with Crippen molar-refractivity contribution in [1.29, 1.82) is 0 Å². The monoisotopic (exact) mass is 271 g/mol. The number of hydrogen-bond donors (Lipinski definition) is 1. The molecule has 1 atom stereocenters. The molecule has 0 fully saturated rings. The maximum atomic E-state index is 14.1. The van der Waals surface area contributed by atoms with Gasteiger partial charge in [0.2, 0.25) is 0 Å². The minimum absolute atomic E-state index is 0.0814. The lowest BCUT2D eigenvalue weighted by Gasteiger charge is -2.20. The second-order valence-corrected chi connectivity index (χ2v) is 5.00. The van der Waals surface area contributed by atoms with Gasteiger partial charge in [0.25, 0.3) is 0 Å². The SMILES string of the molecule is CCCNC(c1ccc(CC)cc1)c1ccccc1F. The zero-order valence-corrected chi connectivity index (χ0v) is 12.2. The summed E-state index contributed by atoms with van der Waals surface area (Å²) in [5.74, 6) is -0.152. The zero-order chi connectivity index (χ0) is 14.4. The molecule has 0 aliphatic carbocycles. The summed E-state index contributed by atoms with van der Waals surface area (Å²) in [7, 11) is 0. The van der Waals surface area contributed by atoms with Crippen LogP contribution in [0.4, 0.5) is 4.39 Å². The van der Waals surface area contributed by atoms with Gasteiger partial charge in [-0.2, -0.15) is 0 Å². The minimum Gasteiger partial charge on any atom is -0.306 e. The van der Waals surface area contributed by atoms with Gasteiger partial charge in [-0.3, -0.25) is 0 Å². The molecule has 2 rings (SSSR count). The Balaban J connectivity index is 2.33. The number of rotatable bonds is 6. The highest BCUT2D eigenvalue weighted by Gasteiger charge is 2.16. The molecule has 0 saturated heterocycles. The van der Waals surface area contributed by atoms with Gasteiger partial charge < -0.3 is 5.32 Å². The molecular formula is C18H22FN. The molecule has 0 radical (unpaired) electrons. The average Bonchev–Trinajstić information content (AvgIpc) is 2.50. The van der Waals surface area contributed by atoms with E-state index >= 15 is 0 Å². The average molecular weight is 271 g/mol. The third kappa shape index (κ3) is 3.45. The smallest absolute Gasteiger partial charge is 0.128 e. The zero-order valence-electron chi connectivity index (χ0n) is 12.2. The van der Waals surface area contributed by atoms with Gasteiger partial charge in [0.05, 0.1) is 6.04 Å². The van der Waals surface area contributed by atoms with Crippen molar-refractivity contribution in [1.82, 2.24) is 5.32 Å². The van der Waals surface area contributed by atoms with Crippen LogP contribution in [0.25, 0.3) is 0 Å². The first-order valence-electron chi connectivity index (χ1n) is 7.33. The second-order valence-electron chi connectivity index (χ2n) is 5.00. The Hall–Kier alpha value is -1.67. The molecular weight excluding hydrogens is 249 g/mol. The van der Waals surface area contributed by atoms with E-state index in [1.165, 1.54) is 11.6 Å². The summed E-state index contributed by atoms with van der Waals surface area (Å²) in [6, 6.07) is 15.4. The molecule has 1 N–H and O–H groups in total. The molecule has 2 heteroatoms. The molecule has 0 aliphatic rings. The second kappa shape index (κ2) is 7.20. The van der Waals surface area contributed by atoms with Crippen LogP contribution in [0.3, 0.4) is 0 Å². The van der Waals surface area contributed by atoms with Crippen molar-refractivity contribution in [2.45, 2.75) is 32.7 Å². The molecule has 0 bridgehead atoms. The van der Waals surface area contributed by atoms with Crippen LogP contribution in [-0.2, 0) is 6.42 Å². The van der Waals surface area contributed by atoms with E-state index in [0.717, 1.165) is 24.9 Å². The van der Waals surface area contributed by atoms with Crippen LogP contribution in [0.1, 0.15) is 43.0 Å². The summed E-state index contributed by atoms with van der Waals surface area (Å²) in [5.41, 5.74) is 3.13. The van der Waals surface area contributed by atoms with E-state index in [0.29, 0.717) is 5.56 Å². The molecule has 106 valence electrons. The van der Waals surface area contributed by atoms with Gasteiger partial charge in [0, 0.05) is 5.56 Å². The Morgan fingerprint density at radius 2 is 1.70 bits per heavy atom. The van der Waals surface area contributed by atoms with E-state index < -0.39 is 0 Å². The fourth-order valence-electron chi connectivity index (χ4n) is 2.35. The highest BCUT2D eigenvalue weighted by Crippen LogP contribution is 2.24. The molecule has 20 heavy (non-hydrogen) atoms. The van der Waals surface area contributed by atoms with Crippen LogP contribution >= 0.6 is 0 Å². The summed E-state index contributed by atoms with van der Waals surface area (Å²) < 4.78 is 14.1. The Morgan fingerprint density at radius 3 is 2.30 bits per heavy atom. The number of aryl methyl sites for hydroxylation is 1. The molecule has 0 aromatic heterocycles. The molecule has 2 aromatic carbocycles. The van der Waals surface area contributed by atoms with E-state index in [2.05, 4.69) is 43.4 Å². The molecule has 0 amide bonds. The Morgan fingerprint density at radius 1 is 1.00 bits per heavy atom. The summed E-state index contributed by atoms with van der Waals surface area (Å²) in [5, 5.41) is 3.44. The molecule has 0 saturated carbocycles. The predicted octanol–water partition coefficient (Wildman–Crippen LogP) is 4.48. The predicted molar refractivity (Wildman–Crippen MR) is 82.4 cm³/mol. The summed E-state index contributed by atoms with van der Waals surface area (Å²) in [4.78, 5) is 0. The number of hydrogen-bond acceptors (Lipinski definition) is 1. The van der Waals surface area contributed by atoms with Crippen molar-refractivity contribution in [3.8, 4) is 0 Å². The van der Waals surface area contributed by atoms with E-state index in [-0.39, 0.29) is 11.9 Å². The van der Waals surface area contributed by atoms with Crippen LogP contribution < -0.4 is 5.32 Å². The molecule has 1 unspecified atom stereocenters. The van der Waals surface area contributed by atoms with Crippen molar-refractivity contribution in [3.63, 3.8) is 0 Å². The molecule has 1 nitrogen and oxygen atoms in total. The van der Waals surface area contributed by atoms with Crippen molar-refractivity contribution in [2.24, 2.45) is 0 Å². The van der Waals surface area contributed by atoms with Gasteiger partial charge in [-0.25, -0.2) is 4.39 Å². The Labute approximate surface area is 120 Å². The lowest BCUT2D eigenvalue weighted by molar-refractivity contribution is 0.546. The lowest BCUT2D eigenvalue weighted by atomic mass is 9.96. The third-order valence-electron chi connectivity index (χ3n) is 3.54. The number of nitrogens with one attached hydrogen (secondary N) is 1. The fraction of sp³-hybridized carbons (Fsp3) is 0.333. The largest absolute Gasteiger partial charge is 0.306 e. The van der Waals surface area contributed by atoms with Crippen molar-refractivity contribution < 1.29 is 4.39 Å². The van der Waals surface area contributed by atoms with Gasteiger partial charge in [-0.1, -0.05) is 56.3 Å². The molecule has 0 heterocycles. The number of halogens is 1. The van der Waals surface area contributed by atoms with E-state index in [9.17, 15) is 4.39 Å². The fourth-order valence-corrected chi connectivity index (χ4v) is 2.35. The van der Waals surface area contributed by atoms with Gasteiger partial charge in [-0.15, -0.1) is 0 Å². The van der Waals surface area contributed by atoms with Crippen LogP contribution in [-0.4, -0.2) is 6.54 Å². The molecule has 0 spiro atoms. The van der Waals surface area contributed by atoms with Crippen LogP contribution in [0.5, 0.6) is 0 Å². The summed E-state index contributed by atoms with van der Waals surface area (Å²) >= 11 is 0. The minimum atomic E-state index is -0.152. The lowest BCUT2D eigenvalue weighted by Crippen LogP contribution is -2.24. The normalized spacial score (nSPS) is 12.3. The quantitative estimate of drug-likeness (QED) is 0.817. The van der Waals surface area contributed by atoms with Gasteiger partial charge in [0.1, 0.15) is 5.82 Å². The first-order valence-corrected chi connectivity index (χ1v) is 7.33. The third-order valence-corrected chi connectivity index (χ3v) is 3.54. The summed E-state index contributed by atoms with van der Waals surface area (Å²) in [6.07, 6.45) is 2.05. The first-order chi connectivity index (χ1) is 9.76. The van der Waals surface area contributed by atoms with Crippen LogP contribution in [0, 0.1) is 5.82 Å². The maximum absolute atomic E-state index is 14.1.